The van der Waals surface area contributed by atoms with Gasteiger partial charge in [-0.3, -0.25) is 10.1 Å². The van der Waals surface area contributed by atoms with Gasteiger partial charge < -0.3 is 5.32 Å². The van der Waals surface area contributed by atoms with E-state index in [2.05, 4.69) is 37.2 Å². The van der Waals surface area contributed by atoms with Crippen LogP contribution in [0.2, 0.25) is 0 Å². The monoisotopic (exact) mass is 376 g/mol. The van der Waals surface area contributed by atoms with Crippen LogP contribution in [0.5, 0.6) is 0 Å². The average Bonchev–Trinajstić information content (AvgIpc) is 2.14. The highest BCUT2D eigenvalue weighted by atomic mass is 79.9. The zero-order valence-electron chi connectivity index (χ0n) is 8.02. The molecule has 9 heteroatoms. The van der Waals surface area contributed by atoms with E-state index in [0.29, 0.717) is 0 Å². The van der Waals surface area contributed by atoms with Crippen LogP contribution in [-0.2, 0) is 0 Å². The summed E-state index contributed by atoms with van der Waals surface area (Å²) in [5.74, 6) is 0. The quantitative estimate of drug-likeness (QED) is 0.637. The zero-order valence-corrected chi connectivity index (χ0v) is 11.2. The number of non-ortho nitro benzene ring substituents is 1. The molecule has 0 aliphatic rings. The Balaban J connectivity index is 2.98. The highest BCUT2D eigenvalue weighted by Gasteiger charge is 2.27. The van der Waals surface area contributed by atoms with E-state index in [1.54, 1.807) is 0 Å². The van der Waals surface area contributed by atoms with Crippen LogP contribution in [0.25, 0.3) is 0 Å². The van der Waals surface area contributed by atoms with Crippen LogP contribution in [0.3, 0.4) is 0 Å². The highest BCUT2D eigenvalue weighted by Crippen LogP contribution is 2.35. The molecule has 1 N–H and O–H groups in total. The van der Waals surface area contributed by atoms with Crippen molar-refractivity contribution in [2.75, 3.05) is 11.9 Å². The van der Waals surface area contributed by atoms with E-state index < -0.39 is 17.6 Å². The molecule has 0 heterocycles. The summed E-state index contributed by atoms with van der Waals surface area (Å²) in [6.07, 6.45) is -4.36. The smallest absolute Gasteiger partial charge is 0.375 e. The second kappa shape index (κ2) is 5.21. The van der Waals surface area contributed by atoms with E-state index in [9.17, 15) is 23.3 Å². The molecule has 1 rings (SSSR count). The Kier molecular flexibility index (Phi) is 4.36. The number of hydrogen-bond donors (Lipinski definition) is 1. The van der Waals surface area contributed by atoms with Crippen LogP contribution in [0.1, 0.15) is 0 Å². The van der Waals surface area contributed by atoms with E-state index in [1.807, 2.05) is 0 Å². The number of alkyl halides is 3. The largest absolute Gasteiger partial charge is 0.405 e. The molecule has 0 saturated carbocycles. The first-order valence-electron chi connectivity index (χ1n) is 4.15. The van der Waals surface area contributed by atoms with Gasteiger partial charge in [-0.2, -0.15) is 13.2 Å². The van der Waals surface area contributed by atoms with E-state index in [-0.39, 0.29) is 20.3 Å². The van der Waals surface area contributed by atoms with Crippen molar-refractivity contribution in [2.24, 2.45) is 0 Å². The van der Waals surface area contributed by atoms with Crippen LogP contribution >= 0.6 is 31.9 Å². The predicted molar refractivity (Wildman–Crippen MR) is 63.0 cm³/mol. The van der Waals surface area contributed by atoms with Crippen molar-refractivity contribution in [1.29, 1.82) is 0 Å². The minimum Gasteiger partial charge on any atom is -0.375 e. The van der Waals surface area contributed by atoms with Crippen molar-refractivity contribution in [3.63, 3.8) is 0 Å². The highest BCUT2D eigenvalue weighted by molar-refractivity contribution is 9.11. The van der Waals surface area contributed by atoms with Gasteiger partial charge >= 0.3 is 6.18 Å². The molecule has 0 saturated heterocycles. The number of nitrogens with zero attached hydrogens (tertiary/aromatic N) is 1. The Morgan fingerprint density at radius 1 is 1.29 bits per heavy atom. The molecule has 0 fully saturated rings. The molecule has 17 heavy (non-hydrogen) atoms. The predicted octanol–water partition coefficient (Wildman–Crippen LogP) is 4.09. The fourth-order valence-electron chi connectivity index (χ4n) is 1.02. The van der Waals surface area contributed by atoms with Gasteiger partial charge in [0.15, 0.2) is 0 Å². The Hall–Kier alpha value is -0.830. The number of nitro benzene ring substituents is 1. The molecule has 0 bridgehead atoms. The summed E-state index contributed by atoms with van der Waals surface area (Å²) in [5.41, 5.74) is -0.103. The van der Waals surface area contributed by atoms with Crippen molar-refractivity contribution >= 4 is 43.2 Å². The second-order valence-electron chi connectivity index (χ2n) is 3.01. The molecule has 0 aliphatic heterocycles. The third-order valence-electron chi connectivity index (χ3n) is 1.70. The van der Waals surface area contributed by atoms with E-state index in [4.69, 9.17) is 0 Å². The third-order valence-corrected chi connectivity index (χ3v) is 2.95. The van der Waals surface area contributed by atoms with Gasteiger partial charge in [0.25, 0.3) is 5.69 Å². The molecule has 0 spiro atoms. The summed E-state index contributed by atoms with van der Waals surface area (Å²) in [6.45, 7) is -1.22. The Morgan fingerprint density at radius 2 is 1.76 bits per heavy atom. The molecule has 1 aromatic carbocycles. The van der Waals surface area contributed by atoms with Crippen molar-refractivity contribution in [3.05, 3.63) is 31.2 Å². The first-order valence-corrected chi connectivity index (χ1v) is 5.73. The summed E-state index contributed by atoms with van der Waals surface area (Å²) in [7, 11) is 0. The third kappa shape index (κ3) is 4.15. The van der Waals surface area contributed by atoms with E-state index in [1.165, 1.54) is 0 Å². The number of nitrogens with one attached hydrogen (secondary N) is 1. The second-order valence-corrected chi connectivity index (χ2v) is 4.72. The van der Waals surface area contributed by atoms with Gasteiger partial charge in [0.2, 0.25) is 0 Å². The number of rotatable bonds is 3. The molecule has 0 atom stereocenters. The molecule has 94 valence electrons. The number of halogens is 5. The molecular weight excluding hydrogens is 373 g/mol. The number of hydrogen-bond acceptors (Lipinski definition) is 3. The maximum atomic E-state index is 12.0. The topological polar surface area (TPSA) is 55.2 Å². The molecule has 0 amide bonds. The fourth-order valence-corrected chi connectivity index (χ4v) is 2.47. The maximum absolute atomic E-state index is 12.0. The summed E-state index contributed by atoms with van der Waals surface area (Å²) >= 11 is 5.94. The molecule has 1 aromatic rings. The van der Waals surface area contributed by atoms with Crippen molar-refractivity contribution < 1.29 is 18.1 Å². The first kappa shape index (κ1) is 14.2. The lowest BCUT2D eigenvalue weighted by molar-refractivity contribution is -0.385. The zero-order chi connectivity index (χ0) is 13.2. The number of nitro groups is 1. The van der Waals surface area contributed by atoms with Crippen molar-refractivity contribution in [3.8, 4) is 0 Å². The van der Waals surface area contributed by atoms with Gasteiger partial charge in [0, 0.05) is 21.1 Å². The summed E-state index contributed by atoms with van der Waals surface area (Å²) in [6, 6.07) is 2.26. The van der Waals surface area contributed by atoms with Gasteiger partial charge in [-0.15, -0.1) is 0 Å². The van der Waals surface area contributed by atoms with Gasteiger partial charge in [0.1, 0.15) is 6.54 Å². The van der Waals surface area contributed by atoms with Gasteiger partial charge in [-0.05, 0) is 31.9 Å². The number of benzene rings is 1. The Bertz CT molecular complexity index is 428. The summed E-state index contributed by atoms with van der Waals surface area (Å²) < 4.78 is 36.4. The average molecular weight is 378 g/mol. The Labute approximate surface area is 111 Å². The molecule has 0 radical (unpaired) electrons. The lowest BCUT2D eigenvalue weighted by atomic mass is 10.3. The fraction of sp³-hybridized carbons (Fsp3) is 0.250. The van der Waals surface area contributed by atoms with Crippen molar-refractivity contribution in [2.45, 2.75) is 6.18 Å². The molecular formula is C8H5Br2F3N2O2. The Morgan fingerprint density at radius 3 is 2.12 bits per heavy atom. The lowest BCUT2D eigenvalue weighted by Crippen LogP contribution is -2.21. The van der Waals surface area contributed by atoms with Gasteiger partial charge in [0.05, 0.1) is 10.6 Å². The maximum Gasteiger partial charge on any atom is 0.405 e. The molecule has 0 aromatic heterocycles. The first-order chi connectivity index (χ1) is 7.70. The van der Waals surface area contributed by atoms with Crippen molar-refractivity contribution in [1.82, 2.24) is 0 Å². The summed E-state index contributed by atoms with van der Waals surface area (Å²) in [5, 5.41) is 12.6. The number of anilines is 1. The summed E-state index contributed by atoms with van der Waals surface area (Å²) in [4.78, 5) is 9.86. The lowest BCUT2D eigenvalue weighted by Gasteiger charge is -2.12. The van der Waals surface area contributed by atoms with Crippen LogP contribution in [-0.4, -0.2) is 17.6 Å². The van der Waals surface area contributed by atoms with E-state index in [0.717, 1.165) is 12.1 Å². The minimum absolute atomic E-state index is 0.118. The molecule has 4 nitrogen and oxygen atoms in total. The standard InChI is InChI=1S/C8H5Br2F3N2O2/c9-5-1-4(15(16)17)2-6(10)7(5)14-3-8(11,12)13/h1-2,14H,3H2. The molecule has 0 unspecified atom stereocenters. The normalized spacial score (nSPS) is 11.4. The SMILES string of the molecule is O=[N+]([O-])c1cc(Br)c(NCC(F)(F)F)c(Br)c1. The van der Waals surface area contributed by atoms with Gasteiger partial charge in [-0.25, -0.2) is 0 Å². The molecule has 0 aliphatic carbocycles. The van der Waals surface area contributed by atoms with Crippen LogP contribution < -0.4 is 5.32 Å². The van der Waals surface area contributed by atoms with Crippen LogP contribution in [0.15, 0.2) is 21.1 Å². The van der Waals surface area contributed by atoms with Gasteiger partial charge in [-0.1, -0.05) is 0 Å². The minimum atomic E-state index is -4.36. The van der Waals surface area contributed by atoms with E-state index >= 15 is 0 Å². The van der Waals surface area contributed by atoms with Crippen LogP contribution in [0.4, 0.5) is 24.5 Å². The van der Waals surface area contributed by atoms with Crippen LogP contribution in [0, 0.1) is 10.1 Å².